The highest BCUT2D eigenvalue weighted by Gasteiger charge is 2.46. The van der Waals surface area contributed by atoms with Crippen molar-refractivity contribution in [1.82, 2.24) is 0 Å². The van der Waals surface area contributed by atoms with Gasteiger partial charge in [0.2, 0.25) is 0 Å². The monoisotopic (exact) mass is 334 g/mol. The minimum Gasteiger partial charge on any atom is -0.382 e. The quantitative estimate of drug-likeness (QED) is 0.173. The van der Waals surface area contributed by atoms with Crippen molar-refractivity contribution in [3.8, 4) is 0 Å². The summed E-state index contributed by atoms with van der Waals surface area (Å²) < 4.78 is 10.8. The second kappa shape index (κ2) is 10.8. The largest absolute Gasteiger partial charge is 0.382 e. The molecule has 0 aromatic heterocycles. The number of hydrogen-bond acceptors (Lipinski definition) is 4. The van der Waals surface area contributed by atoms with Crippen LogP contribution in [0.2, 0.25) is 23.7 Å². The van der Waals surface area contributed by atoms with Gasteiger partial charge in [-0.05, 0) is 11.5 Å². The van der Waals surface area contributed by atoms with Crippen molar-refractivity contribution in [2.75, 3.05) is 20.3 Å². The zero-order valence-electron chi connectivity index (χ0n) is 15.8. The first-order valence-corrected chi connectivity index (χ1v) is 11.7. The van der Waals surface area contributed by atoms with Crippen LogP contribution in [-0.2, 0) is 14.4 Å². The van der Waals surface area contributed by atoms with E-state index < -0.39 is 14.4 Å². The van der Waals surface area contributed by atoms with E-state index in [4.69, 9.17) is 14.4 Å². The van der Waals surface area contributed by atoms with E-state index in [1.807, 2.05) is 0 Å². The molecular formula is C17H38O4Si. The minimum atomic E-state index is -1.69. The third-order valence-corrected chi connectivity index (χ3v) is 11.5. The normalized spacial score (nSPS) is 15.8. The molecule has 1 N–H and O–H groups in total. The van der Waals surface area contributed by atoms with Crippen LogP contribution < -0.4 is 0 Å². The lowest BCUT2D eigenvalue weighted by molar-refractivity contribution is -0.348. The predicted molar refractivity (Wildman–Crippen MR) is 95.0 cm³/mol. The molecule has 0 saturated carbocycles. The third-order valence-electron chi connectivity index (χ3n) is 5.23. The molecule has 4 nitrogen and oxygen atoms in total. The van der Waals surface area contributed by atoms with Crippen molar-refractivity contribution >= 4 is 8.07 Å². The Morgan fingerprint density at radius 1 is 1.05 bits per heavy atom. The minimum absolute atomic E-state index is 0.226. The van der Waals surface area contributed by atoms with Crippen LogP contribution in [0.3, 0.4) is 0 Å². The van der Waals surface area contributed by atoms with Crippen LogP contribution in [0.1, 0.15) is 59.8 Å². The summed E-state index contributed by atoms with van der Waals surface area (Å²) in [6, 6.07) is 0. The van der Waals surface area contributed by atoms with E-state index in [1.54, 1.807) is 7.11 Å². The van der Waals surface area contributed by atoms with Crippen LogP contribution in [0.5, 0.6) is 0 Å². The lowest BCUT2D eigenvalue weighted by atomic mass is 10.1. The molecule has 0 radical (unpaired) electrons. The molecule has 0 aromatic carbocycles. The summed E-state index contributed by atoms with van der Waals surface area (Å²) in [5, 5.41) is 9.61. The maximum atomic E-state index is 9.38. The molecule has 0 aliphatic heterocycles. The van der Waals surface area contributed by atoms with E-state index in [1.165, 1.54) is 25.7 Å². The molecule has 0 amide bonds. The van der Waals surface area contributed by atoms with Crippen molar-refractivity contribution < 1.29 is 19.6 Å². The summed E-state index contributed by atoms with van der Waals surface area (Å²) in [6.07, 6.45) is 5.40. The molecule has 0 fully saturated rings. The average molecular weight is 335 g/mol. The first kappa shape index (κ1) is 22.1. The predicted octanol–water partition coefficient (Wildman–Crippen LogP) is 5.31. The lowest BCUT2D eigenvalue weighted by Crippen LogP contribution is -2.48. The van der Waals surface area contributed by atoms with Gasteiger partial charge in [0.1, 0.15) is 0 Å². The van der Waals surface area contributed by atoms with Gasteiger partial charge in [0.25, 0.3) is 0 Å². The first-order chi connectivity index (χ1) is 10.2. The highest BCUT2D eigenvalue weighted by atomic mass is 28.3. The van der Waals surface area contributed by atoms with Crippen LogP contribution in [0.25, 0.3) is 0 Å². The molecule has 0 saturated heterocycles. The van der Waals surface area contributed by atoms with Crippen LogP contribution in [0, 0.1) is 0 Å². The van der Waals surface area contributed by atoms with E-state index in [0.717, 1.165) is 6.42 Å². The van der Waals surface area contributed by atoms with Gasteiger partial charge < -0.3 is 9.47 Å². The van der Waals surface area contributed by atoms with Gasteiger partial charge in [-0.15, -0.1) is 0 Å². The second-order valence-corrected chi connectivity index (χ2v) is 13.4. The Morgan fingerprint density at radius 3 is 2.14 bits per heavy atom. The average Bonchev–Trinajstić information content (AvgIpc) is 2.43. The van der Waals surface area contributed by atoms with Crippen LogP contribution in [0.4, 0.5) is 0 Å². The molecular weight excluding hydrogens is 296 g/mol. The fraction of sp³-hybridized carbons (Fsp3) is 1.00. The standard InChI is InChI=1S/C17H38O4Si/c1-8-9-10-11-12-15(22(6,7)17(2,3)4)16(21-18)20-14-13-19-5/h15-16,18H,8-14H2,1-7H3. The van der Waals surface area contributed by atoms with Crippen molar-refractivity contribution in [2.45, 2.75) is 89.8 Å². The number of hydrogen-bond donors (Lipinski definition) is 1. The Hall–Kier alpha value is 0.0569. The Morgan fingerprint density at radius 2 is 1.68 bits per heavy atom. The van der Waals surface area contributed by atoms with Gasteiger partial charge in [-0.2, -0.15) is 0 Å². The fourth-order valence-corrected chi connectivity index (χ4v) is 5.53. The molecule has 134 valence electrons. The van der Waals surface area contributed by atoms with Crippen molar-refractivity contribution in [3.63, 3.8) is 0 Å². The molecule has 0 heterocycles. The Kier molecular flexibility index (Phi) is 10.8. The van der Waals surface area contributed by atoms with E-state index in [-0.39, 0.29) is 10.6 Å². The van der Waals surface area contributed by atoms with Gasteiger partial charge in [-0.3, -0.25) is 0 Å². The summed E-state index contributed by atoms with van der Waals surface area (Å²) in [5.74, 6) is 0. The molecule has 0 aromatic rings. The third kappa shape index (κ3) is 7.09. The molecule has 22 heavy (non-hydrogen) atoms. The lowest BCUT2D eigenvalue weighted by Gasteiger charge is -2.45. The SMILES string of the molecule is CCCCCCC(C(OO)OCCOC)[Si](C)(C)C(C)(C)C. The van der Waals surface area contributed by atoms with Crippen molar-refractivity contribution in [1.29, 1.82) is 0 Å². The summed E-state index contributed by atoms with van der Waals surface area (Å²) in [6.45, 7) is 14.8. The highest BCUT2D eigenvalue weighted by molar-refractivity contribution is 6.81. The molecule has 0 aliphatic rings. The Bertz CT molecular complexity index is 276. The summed E-state index contributed by atoms with van der Waals surface area (Å²) in [7, 11) is -0.0425. The summed E-state index contributed by atoms with van der Waals surface area (Å²) in [5.41, 5.74) is 0.270. The zero-order valence-corrected chi connectivity index (χ0v) is 16.8. The molecule has 0 bridgehead atoms. The van der Waals surface area contributed by atoms with Crippen molar-refractivity contribution in [3.05, 3.63) is 0 Å². The summed E-state index contributed by atoms with van der Waals surface area (Å²) >= 11 is 0. The first-order valence-electron chi connectivity index (χ1n) is 8.63. The number of methoxy groups -OCH3 is 1. The maximum absolute atomic E-state index is 9.38. The van der Waals surface area contributed by atoms with E-state index in [9.17, 15) is 5.26 Å². The van der Waals surface area contributed by atoms with E-state index in [2.05, 4.69) is 40.8 Å². The van der Waals surface area contributed by atoms with E-state index >= 15 is 0 Å². The second-order valence-electron chi connectivity index (χ2n) is 7.76. The van der Waals surface area contributed by atoms with Gasteiger partial charge in [0.05, 0.1) is 21.3 Å². The highest BCUT2D eigenvalue weighted by Crippen LogP contribution is 2.47. The van der Waals surface area contributed by atoms with Crippen molar-refractivity contribution in [2.24, 2.45) is 0 Å². The molecule has 2 unspecified atom stereocenters. The van der Waals surface area contributed by atoms with Gasteiger partial charge in [0.15, 0.2) is 6.29 Å². The Balaban J connectivity index is 4.95. The van der Waals surface area contributed by atoms with Gasteiger partial charge in [0, 0.05) is 12.7 Å². The van der Waals surface area contributed by atoms with Crippen LogP contribution in [-0.4, -0.2) is 39.9 Å². The molecule has 5 heteroatoms. The maximum Gasteiger partial charge on any atom is 0.191 e. The van der Waals surface area contributed by atoms with Crippen LogP contribution in [0.15, 0.2) is 0 Å². The molecule has 0 spiro atoms. The smallest absolute Gasteiger partial charge is 0.191 e. The van der Waals surface area contributed by atoms with E-state index in [0.29, 0.717) is 13.2 Å². The fourth-order valence-electron chi connectivity index (χ4n) is 2.65. The molecule has 2 atom stereocenters. The molecule has 0 aliphatic carbocycles. The number of unbranched alkanes of at least 4 members (excludes halogenated alkanes) is 3. The zero-order chi connectivity index (χ0) is 17.2. The summed E-state index contributed by atoms with van der Waals surface area (Å²) in [4.78, 5) is 4.75. The molecule has 0 rings (SSSR count). The van der Waals surface area contributed by atoms with Gasteiger partial charge >= 0.3 is 0 Å². The van der Waals surface area contributed by atoms with Gasteiger partial charge in [-0.25, -0.2) is 10.1 Å². The van der Waals surface area contributed by atoms with Gasteiger partial charge in [-0.1, -0.05) is 66.5 Å². The number of rotatable bonds is 12. The van der Waals surface area contributed by atoms with Crippen LogP contribution >= 0.6 is 0 Å². The number of ether oxygens (including phenoxy) is 2. The Labute approximate surface area is 138 Å². The topological polar surface area (TPSA) is 47.9 Å².